The molecule has 0 spiro atoms. The van der Waals surface area contributed by atoms with Crippen LogP contribution in [-0.2, 0) is 0 Å². The van der Waals surface area contributed by atoms with Gasteiger partial charge in [0.2, 0.25) is 0 Å². The van der Waals surface area contributed by atoms with Crippen molar-refractivity contribution >= 4 is 0 Å². The summed E-state index contributed by atoms with van der Waals surface area (Å²) in [7, 11) is 1.50. The van der Waals surface area contributed by atoms with E-state index in [-0.39, 0.29) is 0 Å². The number of nitrogens with zero attached hydrogens (tertiary/aromatic N) is 1. The maximum atomic E-state index is 4.50. The Morgan fingerprint density at radius 1 is 1.27 bits per heavy atom. The Hall–Kier alpha value is -0.890. The van der Waals surface area contributed by atoms with E-state index < -0.39 is 0 Å². The van der Waals surface area contributed by atoms with Crippen LogP contribution in [0.15, 0.2) is 24.4 Å². The topological polar surface area (TPSA) is 38.9 Å². The van der Waals surface area contributed by atoms with E-state index in [1.165, 1.54) is 7.05 Å². The van der Waals surface area contributed by atoms with E-state index in [2.05, 4.69) is 24.6 Å². The number of aromatic nitrogens is 1. The Bertz CT molecular complexity index is 170. The molecule has 0 aliphatic rings. The normalized spacial score (nSPS) is 8.82. The summed E-state index contributed by atoms with van der Waals surface area (Å²) in [5.74, 6) is 0.547. The second-order valence-corrected chi connectivity index (χ2v) is 2.41. The third-order valence-electron chi connectivity index (χ3n) is 1.28. The summed E-state index contributed by atoms with van der Waals surface area (Å²) in [6.07, 6.45) is 1.83. The fourth-order valence-electron chi connectivity index (χ4n) is 0.717. The molecule has 0 bridgehead atoms. The number of pyridine rings is 1. The Morgan fingerprint density at radius 3 is 2.18 bits per heavy atom. The quantitative estimate of drug-likeness (QED) is 0.666. The molecule has 0 atom stereocenters. The third kappa shape index (κ3) is 3.73. The molecule has 0 aliphatic carbocycles. The minimum absolute atomic E-state index is 0.547. The molecule has 0 saturated heterocycles. The highest BCUT2D eigenvalue weighted by Gasteiger charge is 1.95. The van der Waals surface area contributed by atoms with Crippen LogP contribution in [0.3, 0.4) is 0 Å². The van der Waals surface area contributed by atoms with E-state index in [1.54, 1.807) is 0 Å². The average Bonchev–Trinajstić information content (AvgIpc) is 2.10. The molecule has 2 N–H and O–H groups in total. The molecule has 0 saturated carbocycles. The molecule has 2 heteroatoms. The van der Waals surface area contributed by atoms with Gasteiger partial charge < -0.3 is 5.73 Å². The van der Waals surface area contributed by atoms with Crippen LogP contribution in [0.25, 0.3) is 0 Å². The van der Waals surface area contributed by atoms with Crippen molar-refractivity contribution in [3.63, 3.8) is 0 Å². The van der Waals surface area contributed by atoms with E-state index in [0.29, 0.717) is 5.92 Å². The van der Waals surface area contributed by atoms with Gasteiger partial charge in [0.15, 0.2) is 0 Å². The monoisotopic (exact) mass is 152 g/mol. The predicted octanol–water partition coefficient (Wildman–Crippen LogP) is 1.78. The Kier molecular flexibility index (Phi) is 5.39. The lowest BCUT2D eigenvalue weighted by molar-refractivity contribution is 0.823. The molecular formula is C9H16N2. The zero-order valence-electron chi connectivity index (χ0n) is 7.41. The SMILES string of the molecule is CC(C)c1ccccn1.CN. The molecule has 62 valence electrons. The van der Waals surface area contributed by atoms with Gasteiger partial charge in [-0.2, -0.15) is 0 Å². The first-order valence-corrected chi connectivity index (χ1v) is 3.79. The first-order chi connectivity index (χ1) is 5.30. The van der Waals surface area contributed by atoms with Crippen molar-refractivity contribution in [2.75, 3.05) is 7.05 Å². The zero-order chi connectivity index (χ0) is 8.69. The molecule has 1 aromatic heterocycles. The molecular weight excluding hydrogens is 136 g/mol. The third-order valence-corrected chi connectivity index (χ3v) is 1.28. The van der Waals surface area contributed by atoms with Crippen molar-refractivity contribution in [1.82, 2.24) is 4.98 Å². The summed E-state index contributed by atoms with van der Waals surface area (Å²) in [6.45, 7) is 4.28. The maximum Gasteiger partial charge on any atom is 0.0428 e. The van der Waals surface area contributed by atoms with Crippen LogP contribution in [-0.4, -0.2) is 12.0 Å². The lowest BCUT2D eigenvalue weighted by atomic mass is 10.1. The van der Waals surface area contributed by atoms with E-state index in [4.69, 9.17) is 0 Å². The fraction of sp³-hybridized carbons (Fsp3) is 0.444. The highest BCUT2D eigenvalue weighted by atomic mass is 14.7. The van der Waals surface area contributed by atoms with Crippen LogP contribution in [0, 0.1) is 0 Å². The summed E-state index contributed by atoms with van der Waals surface area (Å²) < 4.78 is 0. The summed E-state index contributed by atoms with van der Waals surface area (Å²) in [4.78, 5) is 4.18. The van der Waals surface area contributed by atoms with Crippen molar-refractivity contribution in [3.8, 4) is 0 Å². The molecule has 0 aliphatic heterocycles. The maximum absolute atomic E-state index is 4.50. The molecule has 0 radical (unpaired) electrons. The average molecular weight is 152 g/mol. The van der Waals surface area contributed by atoms with Crippen molar-refractivity contribution in [2.45, 2.75) is 19.8 Å². The lowest BCUT2D eigenvalue weighted by Crippen LogP contribution is -1.88. The van der Waals surface area contributed by atoms with Gasteiger partial charge in [-0.25, -0.2) is 0 Å². The molecule has 1 aromatic rings. The van der Waals surface area contributed by atoms with Gasteiger partial charge in [-0.05, 0) is 25.1 Å². The largest absolute Gasteiger partial charge is 0.333 e. The smallest absolute Gasteiger partial charge is 0.0428 e. The van der Waals surface area contributed by atoms with Crippen LogP contribution in [0.4, 0.5) is 0 Å². The van der Waals surface area contributed by atoms with E-state index in [9.17, 15) is 0 Å². The lowest BCUT2D eigenvalue weighted by Gasteiger charge is -2.00. The number of rotatable bonds is 1. The van der Waals surface area contributed by atoms with Gasteiger partial charge in [0.05, 0.1) is 0 Å². The Labute approximate surface area is 68.5 Å². The molecule has 0 fully saturated rings. The van der Waals surface area contributed by atoms with Gasteiger partial charge in [0.25, 0.3) is 0 Å². The minimum atomic E-state index is 0.547. The fourth-order valence-corrected chi connectivity index (χ4v) is 0.717. The number of hydrogen-bond acceptors (Lipinski definition) is 2. The van der Waals surface area contributed by atoms with Gasteiger partial charge in [-0.15, -0.1) is 0 Å². The zero-order valence-corrected chi connectivity index (χ0v) is 7.41. The Balaban J connectivity index is 0.000000461. The standard InChI is InChI=1S/C8H11N.CH5N/c1-7(2)8-5-3-4-6-9-8;1-2/h3-7H,1-2H3;2H2,1H3. The van der Waals surface area contributed by atoms with Crippen molar-refractivity contribution < 1.29 is 0 Å². The first kappa shape index (κ1) is 10.1. The molecule has 2 nitrogen and oxygen atoms in total. The highest BCUT2D eigenvalue weighted by Crippen LogP contribution is 2.08. The molecule has 1 heterocycles. The van der Waals surface area contributed by atoms with Gasteiger partial charge in [0.1, 0.15) is 0 Å². The number of nitrogens with two attached hydrogens (primary N) is 1. The van der Waals surface area contributed by atoms with Gasteiger partial charge >= 0.3 is 0 Å². The molecule has 1 rings (SSSR count). The first-order valence-electron chi connectivity index (χ1n) is 3.79. The van der Waals surface area contributed by atoms with Crippen molar-refractivity contribution in [2.24, 2.45) is 5.73 Å². The summed E-state index contributed by atoms with van der Waals surface area (Å²) in [5.41, 5.74) is 5.66. The number of hydrogen-bond donors (Lipinski definition) is 1. The molecule has 0 aromatic carbocycles. The van der Waals surface area contributed by atoms with Gasteiger partial charge in [-0.1, -0.05) is 19.9 Å². The molecule has 11 heavy (non-hydrogen) atoms. The summed E-state index contributed by atoms with van der Waals surface area (Å²) in [5, 5.41) is 0. The van der Waals surface area contributed by atoms with Crippen molar-refractivity contribution in [1.29, 1.82) is 0 Å². The Morgan fingerprint density at radius 2 is 1.91 bits per heavy atom. The van der Waals surface area contributed by atoms with Crippen LogP contribution >= 0.6 is 0 Å². The highest BCUT2D eigenvalue weighted by molar-refractivity contribution is 5.06. The van der Waals surface area contributed by atoms with Crippen LogP contribution in [0.5, 0.6) is 0 Å². The van der Waals surface area contributed by atoms with E-state index >= 15 is 0 Å². The van der Waals surface area contributed by atoms with E-state index in [1.807, 2.05) is 24.4 Å². The van der Waals surface area contributed by atoms with Gasteiger partial charge in [-0.3, -0.25) is 4.98 Å². The predicted molar refractivity (Wildman–Crippen MR) is 48.4 cm³/mol. The van der Waals surface area contributed by atoms with E-state index in [0.717, 1.165) is 5.69 Å². The van der Waals surface area contributed by atoms with Crippen molar-refractivity contribution in [3.05, 3.63) is 30.1 Å². The molecule has 0 unspecified atom stereocenters. The van der Waals surface area contributed by atoms with Crippen LogP contribution in [0.1, 0.15) is 25.5 Å². The second-order valence-electron chi connectivity index (χ2n) is 2.41. The van der Waals surface area contributed by atoms with Crippen LogP contribution < -0.4 is 5.73 Å². The minimum Gasteiger partial charge on any atom is -0.333 e. The second kappa shape index (κ2) is 5.86. The molecule has 0 amide bonds. The summed E-state index contributed by atoms with van der Waals surface area (Å²) in [6, 6.07) is 6.00. The van der Waals surface area contributed by atoms with Gasteiger partial charge in [0, 0.05) is 11.9 Å². The summed E-state index contributed by atoms with van der Waals surface area (Å²) >= 11 is 0. The van der Waals surface area contributed by atoms with Crippen LogP contribution in [0.2, 0.25) is 0 Å².